The van der Waals surface area contributed by atoms with Crippen molar-refractivity contribution in [1.82, 2.24) is 0 Å². The molecule has 0 spiro atoms. The van der Waals surface area contributed by atoms with Gasteiger partial charge in [-0.1, -0.05) is 6.07 Å². The molecule has 0 radical (unpaired) electrons. The number of nitrogens with zero attached hydrogens (tertiary/aromatic N) is 3. The van der Waals surface area contributed by atoms with E-state index in [-0.39, 0.29) is 12.3 Å². The fraction of sp³-hybridized carbons (Fsp3) is 0.457. The zero-order valence-electron chi connectivity index (χ0n) is 27.4. The van der Waals surface area contributed by atoms with Gasteiger partial charge in [0.25, 0.3) is 0 Å². The Bertz CT molecular complexity index is 1360. The van der Waals surface area contributed by atoms with Crippen LogP contribution < -0.4 is 33.6 Å². The highest BCUT2D eigenvalue weighted by Crippen LogP contribution is 2.59. The van der Waals surface area contributed by atoms with Gasteiger partial charge in [0.2, 0.25) is 0 Å². The van der Waals surface area contributed by atoms with E-state index in [0.29, 0.717) is 24.5 Å². The predicted octanol–water partition coefficient (Wildman–Crippen LogP) is 6.91. The summed E-state index contributed by atoms with van der Waals surface area (Å²) in [6.45, 7) is 12.4. The Morgan fingerprint density at radius 1 is 0.705 bits per heavy atom. The van der Waals surface area contributed by atoms with Gasteiger partial charge >= 0.3 is 5.97 Å². The molecule has 0 aromatic heterocycles. The van der Waals surface area contributed by atoms with E-state index in [1.165, 1.54) is 0 Å². The van der Waals surface area contributed by atoms with Crippen LogP contribution in [0.15, 0.2) is 42.5 Å². The highest BCUT2D eigenvalue weighted by atomic mass is 16.5. The summed E-state index contributed by atoms with van der Waals surface area (Å²) in [5.74, 6) is 1.65. The quantitative estimate of drug-likeness (QED) is 0.199. The van der Waals surface area contributed by atoms with Gasteiger partial charge in [0.05, 0.1) is 45.7 Å². The Labute approximate surface area is 261 Å². The number of aliphatic carboxylic acids is 1. The molecule has 1 aliphatic rings. The summed E-state index contributed by atoms with van der Waals surface area (Å²) in [6.07, 6.45) is 0.525. The molecule has 1 heterocycles. The van der Waals surface area contributed by atoms with Crippen molar-refractivity contribution in [1.29, 1.82) is 0 Å². The molecule has 0 fully saturated rings. The van der Waals surface area contributed by atoms with Crippen LogP contribution in [0.3, 0.4) is 0 Å². The van der Waals surface area contributed by atoms with Crippen LogP contribution in [0.1, 0.15) is 63.1 Å². The maximum absolute atomic E-state index is 11.7. The fourth-order valence-corrected chi connectivity index (χ4v) is 6.46. The maximum Gasteiger partial charge on any atom is 0.303 e. The van der Waals surface area contributed by atoms with Gasteiger partial charge in [-0.05, 0) is 58.4 Å². The highest BCUT2D eigenvalue weighted by molar-refractivity contribution is 5.87. The van der Waals surface area contributed by atoms with Crippen LogP contribution >= 0.6 is 0 Å². The van der Waals surface area contributed by atoms with Crippen molar-refractivity contribution in [2.45, 2.75) is 46.5 Å². The third-order valence-corrected chi connectivity index (χ3v) is 8.59. The van der Waals surface area contributed by atoms with E-state index in [9.17, 15) is 9.90 Å². The van der Waals surface area contributed by atoms with Crippen molar-refractivity contribution in [3.05, 3.63) is 59.2 Å². The normalized spacial score (nSPS) is 12.3. The van der Waals surface area contributed by atoms with Crippen LogP contribution in [0, 0.1) is 0 Å². The van der Waals surface area contributed by atoms with Crippen LogP contribution in [-0.4, -0.2) is 72.2 Å². The van der Waals surface area contributed by atoms with Gasteiger partial charge in [-0.15, -0.1) is 0 Å². The minimum atomic E-state index is -0.817. The largest absolute Gasteiger partial charge is 0.496 e. The molecule has 0 amide bonds. The van der Waals surface area contributed by atoms with Crippen molar-refractivity contribution >= 4 is 28.7 Å². The number of benzene rings is 3. The van der Waals surface area contributed by atoms with E-state index in [2.05, 4.69) is 66.7 Å². The first-order valence-electron chi connectivity index (χ1n) is 15.5. The second-order valence-corrected chi connectivity index (χ2v) is 10.7. The van der Waals surface area contributed by atoms with Gasteiger partial charge in [0.15, 0.2) is 0 Å². The van der Waals surface area contributed by atoms with Crippen LogP contribution in [0.2, 0.25) is 0 Å². The average Bonchev–Trinajstić information content (AvgIpc) is 3.04. The number of hydrogen-bond acceptors (Lipinski definition) is 8. The Morgan fingerprint density at radius 3 is 1.50 bits per heavy atom. The second kappa shape index (κ2) is 14.5. The molecule has 9 nitrogen and oxygen atoms in total. The second-order valence-electron chi connectivity index (χ2n) is 10.7. The van der Waals surface area contributed by atoms with Crippen molar-refractivity contribution in [3.8, 4) is 23.0 Å². The lowest BCUT2D eigenvalue weighted by Gasteiger charge is -2.41. The number of carbonyl (C=O) groups is 1. The molecule has 0 aliphatic carbocycles. The van der Waals surface area contributed by atoms with Gasteiger partial charge in [0, 0.05) is 79.3 Å². The molecule has 3 aromatic carbocycles. The van der Waals surface area contributed by atoms with Gasteiger partial charge in [-0.25, -0.2) is 0 Å². The first-order valence-corrected chi connectivity index (χ1v) is 15.5. The third kappa shape index (κ3) is 6.05. The standard InChI is InChI=1S/C35H47N3O6/c1-9-36(10-2)23-19-25-32(29(21-23)43-7)35(34-27(41-5)15-13-16-28(34)42-6)33-26(38(25)18-14-17-31(39)40)20-24(22-30(33)44-8)37(11-3)12-4/h13,15-16,19-22,35H,9-12,14,17-18H2,1-8H3,(H,39,40). The lowest BCUT2D eigenvalue weighted by Crippen LogP contribution is -2.30. The van der Waals surface area contributed by atoms with E-state index in [1.54, 1.807) is 28.4 Å². The molecule has 0 unspecified atom stereocenters. The lowest BCUT2D eigenvalue weighted by atomic mass is 9.77. The zero-order valence-corrected chi connectivity index (χ0v) is 27.4. The average molecular weight is 606 g/mol. The van der Waals surface area contributed by atoms with Gasteiger partial charge in [0.1, 0.15) is 23.0 Å². The molecule has 4 rings (SSSR count). The summed E-state index contributed by atoms with van der Waals surface area (Å²) in [4.78, 5) is 18.5. The topological polar surface area (TPSA) is 83.9 Å². The molecular weight excluding hydrogens is 558 g/mol. The Kier molecular flexibility index (Phi) is 10.7. The number of fused-ring (bicyclic) bond motifs is 2. The number of carboxylic acid groups (broad SMARTS) is 1. The molecule has 9 heteroatoms. The number of anilines is 4. The van der Waals surface area contributed by atoms with Gasteiger partial charge in [-0.3, -0.25) is 4.79 Å². The van der Waals surface area contributed by atoms with Gasteiger partial charge < -0.3 is 38.8 Å². The van der Waals surface area contributed by atoms with Crippen molar-refractivity contribution < 1.29 is 28.8 Å². The minimum absolute atomic E-state index is 0.0602. The predicted molar refractivity (Wildman–Crippen MR) is 177 cm³/mol. The number of hydrogen-bond donors (Lipinski definition) is 1. The first kappa shape index (κ1) is 32.6. The van der Waals surface area contributed by atoms with Crippen LogP contribution in [0.4, 0.5) is 22.7 Å². The van der Waals surface area contributed by atoms with E-state index in [0.717, 1.165) is 77.1 Å². The van der Waals surface area contributed by atoms with Crippen LogP contribution in [-0.2, 0) is 4.79 Å². The molecule has 0 saturated carbocycles. The molecule has 1 aliphatic heterocycles. The monoisotopic (exact) mass is 605 g/mol. The van der Waals surface area contributed by atoms with E-state index in [4.69, 9.17) is 18.9 Å². The molecular formula is C35H47N3O6. The van der Waals surface area contributed by atoms with Crippen molar-refractivity contribution in [3.63, 3.8) is 0 Å². The molecule has 0 saturated heterocycles. The van der Waals surface area contributed by atoms with Gasteiger partial charge in [-0.2, -0.15) is 0 Å². The molecule has 3 aromatic rings. The summed E-state index contributed by atoms with van der Waals surface area (Å²) in [7, 11) is 6.73. The molecule has 0 atom stereocenters. The summed E-state index contributed by atoms with van der Waals surface area (Å²) < 4.78 is 24.3. The van der Waals surface area contributed by atoms with Crippen molar-refractivity contribution in [2.24, 2.45) is 0 Å². The summed E-state index contributed by atoms with van der Waals surface area (Å²) >= 11 is 0. The molecule has 44 heavy (non-hydrogen) atoms. The number of rotatable bonds is 15. The van der Waals surface area contributed by atoms with E-state index in [1.807, 2.05) is 18.2 Å². The Balaban J connectivity index is 2.18. The highest BCUT2D eigenvalue weighted by Gasteiger charge is 2.40. The Morgan fingerprint density at radius 2 is 1.14 bits per heavy atom. The SMILES string of the molecule is CCN(CC)c1cc(OC)c2c(c1)N(CCCC(=O)O)c1cc(N(CC)CC)cc(OC)c1C2c1c(OC)cccc1OC. The number of ether oxygens (including phenoxy) is 4. The smallest absolute Gasteiger partial charge is 0.303 e. The zero-order chi connectivity index (χ0) is 32.0. The fourth-order valence-electron chi connectivity index (χ4n) is 6.46. The third-order valence-electron chi connectivity index (χ3n) is 8.59. The lowest BCUT2D eigenvalue weighted by molar-refractivity contribution is -0.137. The van der Waals surface area contributed by atoms with Crippen molar-refractivity contribution in [2.75, 3.05) is 75.9 Å². The summed E-state index contributed by atoms with van der Waals surface area (Å²) in [5.41, 5.74) is 6.75. The van der Waals surface area contributed by atoms with E-state index < -0.39 is 5.97 Å². The number of methoxy groups -OCH3 is 4. The molecule has 238 valence electrons. The molecule has 0 bridgehead atoms. The summed E-state index contributed by atoms with van der Waals surface area (Å²) in [5, 5.41) is 9.57. The van der Waals surface area contributed by atoms with Crippen LogP contribution in [0.5, 0.6) is 23.0 Å². The first-order chi connectivity index (χ1) is 21.3. The molecule has 1 N–H and O–H groups in total. The van der Waals surface area contributed by atoms with Crippen LogP contribution in [0.25, 0.3) is 0 Å². The minimum Gasteiger partial charge on any atom is -0.496 e. The van der Waals surface area contributed by atoms with E-state index >= 15 is 0 Å². The Hall–Kier alpha value is -4.27. The summed E-state index contributed by atoms with van der Waals surface area (Å²) in [6, 6.07) is 14.4. The number of carboxylic acids is 1. The maximum atomic E-state index is 11.7.